The van der Waals surface area contributed by atoms with Crippen molar-refractivity contribution < 1.29 is 9.84 Å². The van der Waals surface area contributed by atoms with Crippen LogP contribution in [0.5, 0.6) is 11.6 Å². The summed E-state index contributed by atoms with van der Waals surface area (Å²) in [4.78, 5) is 55.9. The number of anilines is 1. The molecule has 0 amide bonds. The monoisotopic (exact) mass is 482 g/mol. The van der Waals surface area contributed by atoms with Gasteiger partial charge in [0.25, 0.3) is 11.1 Å². The van der Waals surface area contributed by atoms with Crippen molar-refractivity contribution >= 4 is 23.3 Å². The molecular weight excluding hydrogens is 460 g/mol. The largest absolute Gasteiger partial charge is 0.493 e. The van der Waals surface area contributed by atoms with Crippen LogP contribution >= 0.6 is 0 Å². The van der Waals surface area contributed by atoms with Gasteiger partial charge in [0.2, 0.25) is 11.8 Å². The lowest BCUT2D eigenvalue weighted by Gasteiger charge is -2.13. The number of rotatable bonds is 6. The number of imidazole rings is 1. The molecule has 3 aromatic heterocycles. The van der Waals surface area contributed by atoms with E-state index in [1.54, 1.807) is 38.2 Å². The number of aryl methyl sites for hydroxylation is 2. The van der Waals surface area contributed by atoms with Crippen LogP contribution in [0.3, 0.4) is 0 Å². The molecule has 3 heterocycles. The number of aromatic hydroxyl groups is 1. The van der Waals surface area contributed by atoms with Crippen molar-refractivity contribution in [2.24, 2.45) is 26.2 Å². The Labute approximate surface area is 196 Å². The van der Waals surface area contributed by atoms with E-state index >= 15 is 0 Å². The van der Waals surface area contributed by atoms with Crippen LogP contribution in [0, 0.1) is 0 Å². The maximum Gasteiger partial charge on any atom is 0.335 e. The topological polar surface area (TPSA) is 171 Å². The van der Waals surface area contributed by atoms with E-state index in [0.29, 0.717) is 12.4 Å². The van der Waals surface area contributed by atoms with Gasteiger partial charge in [-0.05, 0) is 19.1 Å². The van der Waals surface area contributed by atoms with Crippen LogP contribution < -0.4 is 32.7 Å². The third-order valence-corrected chi connectivity index (χ3v) is 5.36. The van der Waals surface area contributed by atoms with Crippen molar-refractivity contribution in [2.75, 3.05) is 12.0 Å². The molecule has 3 N–H and O–H groups in total. The number of hydrogen-bond acceptors (Lipinski definition) is 9. The minimum Gasteiger partial charge on any atom is -0.493 e. The van der Waals surface area contributed by atoms with E-state index in [-0.39, 0.29) is 28.4 Å². The molecule has 1 aromatic carbocycles. The summed E-state index contributed by atoms with van der Waals surface area (Å²) in [7, 11) is 4.38. The van der Waals surface area contributed by atoms with Crippen molar-refractivity contribution in [1.29, 1.82) is 0 Å². The molecule has 0 atom stereocenters. The normalized spacial score (nSPS) is 11.4. The van der Waals surface area contributed by atoms with Gasteiger partial charge in [-0.25, -0.2) is 19.6 Å². The number of fused-ring (bicyclic) bond motifs is 1. The molecule has 0 unspecified atom stereocenters. The number of aromatic amines is 1. The minimum absolute atomic E-state index is 0.0977. The van der Waals surface area contributed by atoms with Gasteiger partial charge in [0.15, 0.2) is 11.2 Å². The summed E-state index contributed by atoms with van der Waals surface area (Å²) < 4.78 is 9.98. The Morgan fingerprint density at radius 3 is 2.54 bits per heavy atom. The Morgan fingerprint density at radius 2 is 1.83 bits per heavy atom. The van der Waals surface area contributed by atoms with E-state index in [0.717, 1.165) is 15.3 Å². The fourth-order valence-corrected chi connectivity index (χ4v) is 3.57. The smallest absolute Gasteiger partial charge is 0.335 e. The summed E-state index contributed by atoms with van der Waals surface area (Å²) in [6, 6.07) is 6.52. The molecule has 0 aliphatic rings. The average Bonchev–Trinajstić information content (AvgIpc) is 3.15. The Kier molecular flexibility index (Phi) is 5.86. The number of aromatic nitrogens is 6. The third-order valence-electron chi connectivity index (χ3n) is 5.36. The first-order valence-electron chi connectivity index (χ1n) is 10.4. The Hall–Kier alpha value is -4.88. The van der Waals surface area contributed by atoms with Crippen LogP contribution in [-0.2, 0) is 21.1 Å². The molecule has 0 fully saturated rings. The highest BCUT2D eigenvalue weighted by atomic mass is 16.5. The molecule has 0 saturated heterocycles. The van der Waals surface area contributed by atoms with Gasteiger partial charge in [0.1, 0.15) is 11.3 Å². The zero-order chi connectivity index (χ0) is 25.4. The van der Waals surface area contributed by atoms with Gasteiger partial charge < -0.3 is 14.4 Å². The molecular formula is C21H22N8O6. The summed E-state index contributed by atoms with van der Waals surface area (Å²) in [5.74, 6) is -0.231. The van der Waals surface area contributed by atoms with Crippen molar-refractivity contribution in [2.45, 2.75) is 6.92 Å². The second-order valence-electron chi connectivity index (χ2n) is 7.48. The quantitative estimate of drug-likeness (QED) is 0.241. The van der Waals surface area contributed by atoms with Crippen molar-refractivity contribution in [3.8, 4) is 17.3 Å². The standard InChI is InChI=1S/C21H22N8O6/c1-5-35-13-9-7-6-8-12(13)29-17(31)11(16(30)24-20(29)33)10-22-25-19-23-15-14(26(19)2)18(32)28(4)21(34)27(15)3/h6-10,31H,5H2,1-4H3,(H,23,25)(H,24,30,33)/b22-10+. The first-order chi connectivity index (χ1) is 16.7. The third kappa shape index (κ3) is 3.80. The zero-order valence-electron chi connectivity index (χ0n) is 19.3. The first-order valence-corrected chi connectivity index (χ1v) is 10.4. The Bertz CT molecular complexity index is 1720. The highest BCUT2D eigenvalue weighted by Gasteiger charge is 2.18. The summed E-state index contributed by atoms with van der Waals surface area (Å²) >= 11 is 0. The molecule has 4 aromatic rings. The molecule has 0 saturated carbocycles. The van der Waals surface area contributed by atoms with Gasteiger partial charge in [-0.15, -0.1) is 0 Å². The van der Waals surface area contributed by atoms with E-state index in [1.165, 1.54) is 23.2 Å². The number of hydrazone groups is 1. The molecule has 0 aliphatic carbocycles. The fraction of sp³-hybridized carbons (Fsp3) is 0.238. The van der Waals surface area contributed by atoms with Crippen LogP contribution in [0.2, 0.25) is 0 Å². The molecule has 14 nitrogen and oxygen atoms in total. The number of nitrogens with zero attached hydrogens (tertiary/aromatic N) is 6. The van der Waals surface area contributed by atoms with Crippen LogP contribution in [0.15, 0.2) is 48.5 Å². The lowest BCUT2D eigenvalue weighted by molar-refractivity contribution is 0.336. The lowest BCUT2D eigenvalue weighted by atomic mass is 10.2. The van der Waals surface area contributed by atoms with Crippen molar-refractivity contribution in [3.05, 3.63) is 71.5 Å². The Morgan fingerprint density at radius 1 is 1.11 bits per heavy atom. The summed E-state index contributed by atoms with van der Waals surface area (Å²) in [5, 5.41) is 14.7. The van der Waals surface area contributed by atoms with Gasteiger partial charge in [-0.2, -0.15) is 10.1 Å². The predicted octanol–water partition coefficient (Wildman–Crippen LogP) is -0.640. The van der Waals surface area contributed by atoms with E-state index in [1.807, 2.05) is 0 Å². The highest BCUT2D eigenvalue weighted by Crippen LogP contribution is 2.25. The van der Waals surface area contributed by atoms with Crippen LogP contribution in [0.25, 0.3) is 16.9 Å². The van der Waals surface area contributed by atoms with Crippen LogP contribution in [0.1, 0.15) is 12.5 Å². The fourth-order valence-electron chi connectivity index (χ4n) is 3.57. The van der Waals surface area contributed by atoms with E-state index in [2.05, 4.69) is 20.5 Å². The number of H-pyrrole nitrogens is 1. The second kappa shape index (κ2) is 8.81. The molecule has 0 aliphatic heterocycles. The number of benzene rings is 1. The van der Waals surface area contributed by atoms with Crippen LogP contribution in [-0.4, -0.2) is 46.2 Å². The number of nitrogens with one attached hydrogen (secondary N) is 2. The zero-order valence-corrected chi connectivity index (χ0v) is 19.3. The summed E-state index contributed by atoms with van der Waals surface area (Å²) in [6.07, 6.45) is 1.00. The molecule has 0 bridgehead atoms. The number of ether oxygens (including phenoxy) is 1. The van der Waals surface area contributed by atoms with Crippen LogP contribution in [0.4, 0.5) is 5.95 Å². The summed E-state index contributed by atoms with van der Waals surface area (Å²) in [5.41, 5.74) is -0.0161. The van der Waals surface area contributed by atoms with Gasteiger partial charge in [-0.1, -0.05) is 12.1 Å². The van der Waals surface area contributed by atoms with Crippen molar-refractivity contribution in [3.63, 3.8) is 0 Å². The molecule has 182 valence electrons. The second-order valence-corrected chi connectivity index (χ2v) is 7.48. The van der Waals surface area contributed by atoms with E-state index < -0.39 is 28.4 Å². The number of para-hydroxylation sites is 2. The summed E-state index contributed by atoms with van der Waals surface area (Å²) in [6.45, 7) is 2.09. The highest BCUT2D eigenvalue weighted by molar-refractivity contribution is 5.83. The number of hydrogen-bond donors (Lipinski definition) is 3. The minimum atomic E-state index is -0.871. The van der Waals surface area contributed by atoms with E-state index in [9.17, 15) is 24.3 Å². The maximum atomic E-state index is 12.5. The first kappa shape index (κ1) is 23.3. The van der Waals surface area contributed by atoms with Crippen molar-refractivity contribution in [1.82, 2.24) is 28.2 Å². The SMILES string of the molecule is CCOc1ccccc1-n1c(O)c(/C=N/Nc2nc3c(c(=O)n(C)c(=O)n3C)n2C)c(=O)[nH]c1=O. The lowest BCUT2D eigenvalue weighted by Crippen LogP contribution is -2.37. The maximum absolute atomic E-state index is 12.5. The molecule has 0 radical (unpaired) electrons. The molecule has 4 rings (SSSR count). The van der Waals surface area contributed by atoms with Gasteiger partial charge >= 0.3 is 11.4 Å². The molecule has 0 spiro atoms. The molecule has 35 heavy (non-hydrogen) atoms. The predicted molar refractivity (Wildman–Crippen MR) is 128 cm³/mol. The molecule has 14 heteroatoms. The van der Waals surface area contributed by atoms with Gasteiger partial charge in [-0.3, -0.25) is 23.7 Å². The Balaban J connectivity index is 1.77. The van der Waals surface area contributed by atoms with Gasteiger partial charge in [0, 0.05) is 21.1 Å². The average molecular weight is 482 g/mol. The van der Waals surface area contributed by atoms with E-state index in [4.69, 9.17) is 4.74 Å². The van der Waals surface area contributed by atoms with Gasteiger partial charge in [0.05, 0.1) is 18.5 Å².